The van der Waals surface area contributed by atoms with Gasteiger partial charge in [-0.1, -0.05) is 221 Å². The van der Waals surface area contributed by atoms with Crippen LogP contribution in [0, 0.1) is 86.8 Å². The molecule has 0 atom stereocenters. The minimum Gasteiger partial charge on any atom is -0.503 e. The molecule has 0 heterocycles. The number of rotatable bonds is 32. The van der Waals surface area contributed by atoms with Gasteiger partial charge in [-0.3, -0.25) is 9.59 Å². The van der Waals surface area contributed by atoms with E-state index in [0.29, 0.717) is 86.6 Å². The Bertz CT molecular complexity index is 5850. The van der Waals surface area contributed by atoms with Crippen LogP contribution in [0.2, 0.25) is 5.02 Å². The van der Waals surface area contributed by atoms with Crippen molar-refractivity contribution >= 4 is 101 Å². The number of carboxylic acids is 9. The highest BCUT2D eigenvalue weighted by molar-refractivity contribution is 8.00. The van der Waals surface area contributed by atoms with Crippen LogP contribution < -0.4 is 20.3 Å². The van der Waals surface area contributed by atoms with Gasteiger partial charge in [0.2, 0.25) is 5.43 Å². The minimum atomic E-state index is -1.30. The van der Waals surface area contributed by atoms with Crippen molar-refractivity contribution in [1.82, 2.24) is 0 Å². The lowest BCUT2D eigenvalue weighted by atomic mass is 9.96. The molecule has 23 nitrogen and oxygen atoms in total. The molecular weight excluding hydrogens is 1870 g/mol. The van der Waals surface area contributed by atoms with E-state index in [-0.39, 0.29) is 33.0 Å². The highest BCUT2D eigenvalue weighted by atomic mass is 35.5. The third-order valence-electron chi connectivity index (χ3n) is 19.8. The SMILES string of the molecule is CCCCOc1cc(C)cc(Cl)c1C(=O)O.CCCCOc1cc(C)cc(F)c1C(=O)O.CCCSc1cc(C)ccc1C(=O)O.CCCc1cc(C)cc(F)c1C(=O)O.CCCc1cc(C)ccc1C(=O)O.CCSc1cc(C)ccc1C(=O)O.CCc1cc(C)ccc1C(=O)O.Cc1ccc(-c2c(O)c(=O)c2=O)cc1.Cc1ccc(C(=O)O)c(CC(C)C)c1.Cc1ccc(C(=O)O)c(SC(C)C)c1. The summed E-state index contributed by atoms with van der Waals surface area (Å²) >= 11 is 10.6. The van der Waals surface area contributed by atoms with Crippen LogP contribution in [-0.4, -0.2) is 135 Å². The van der Waals surface area contributed by atoms with E-state index in [1.54, 1.807) is 122 Å². The van der Waals surface area contributed by atoms with E-state index >= 15 is 0 Å². The average Bonchev–Trinajstić information content (AvgIpc) is 0.767. The van der Waals surface area contributed by atoms with Crippen LogP contribution in [0.5, 0.6) is 17.2 Å². The van der Waals surface area contributed by atoms with Crippen LogP contribution in [0.3, 0.4) is 0 Å². The third kappa shape index (κ3) is 42.8. The summed E-state index contributed by atoms with van der Waals surface area (Å²) in [5.74, 6) is -7.61. The summed E-state index contributed by atoms with van der Waals surface area (Å²) in [7, 11) is 0. The number of thioether (sulfide) groups is 3. The highest BCUT2D eigenvalue weighted by Crippen LogP contribution is 2.33. The number of aromatic hydroxyl groups is 1. The van der Waals surface area contributed by atoms with Gasteiger partial charge < -0.3 is 60.5 Å². The summed E-state index contributed by atoms with van der Waals surface area (Å²) in [6, 6.07) is 48.8. The maximum absolute atomic E-state index is 13.4. The molecule has 0 unspecified atom stereocenters. The van der Waals surface area contributed by atoms with Crippen LogP contribution in [0.25, 0.3) is 11.1 Å². The topological polar surface area (TPSA) is 409 Å². The molecule has 11 rings (SSSR count). The Morgan fingerprint density at radius 1 is 0.350 bits per heavy atom. The number of halogens is 3. The molecular formula is C111H133ClF2O23S3. The summed E-state index contributed by atoms with van der Waals surface area (Å²) < 4.78 is 37.4. The predicted molar refractivity (Wildman–Crippen MR) is 556 cm³/mol. The van der Waals surface area contributed by atoms with Gasteiger partial charge in [-0.15, -0.1) is 35.3 Å². The molecule has 0 aliphatic rings. The predicted octanol–water partition coefficient (Wildman–Crippen LogP) is 27.3. The molecule has 0 aromatic heterocycles. The maximum Gasteiger partial charge on any atom is 0.342 e. The fraction of sp³-hybridized carbons (Fsp3) is 0.342. The molecule has 0 saturated heterocycles. The second-order valence-corrected chi connectivity index (χ2v) is 37.8. The quantitative estimate of drug-likeness (QED) is 0.0106. The Kier molecular flexibility index (Phi) is 56.0. The van der Waals surface area contributed by atoms with Crippen molar-refractivity contribution < 1.29 is 112 Å². The Morgan fingerprint density at radius 2 is 0.693 bits per heavy atom. The van der Waals surface area contributed by atoms with Gasteiger partial charge in [-0.25, -0.2) is 51.9 Å². The van der Waals surface area contributed by atoms with E-state index in [4.69, 9.17) is 67.0 Å². The summed E-state index contributed by atoms with van der Waals surface area (Å²) in [6.07, 6.45) is 9.51. The van der Waals surface area contributed by atoms with Crippen LogP contribution in [0.4, 0.5) is 8.78 Å². The molecule has 11 aromatic carbocycles. The van der Waals surface area contributed by atoms with Crippen LogP contribution >= 0.6 is 46.9 Å². The monoisotopic (exact) mass is 2000 g/mol. The number of hydrogen-bond donors (Lipinski definition) is 10. The summed E-state index contributed by atoms with van der Waals surface area (Å²) in [5.41, 5.74) is 14.7. The number of aromatic carboxylic acids is 9. The van der Waals surface area contributed by atoms with Gasteiger partial charge in [0.25, 0.3) is 5.43 Å². The van der Waals surface area contributed by atoms with Gasteiger partial charge in [0.1, 0.15) is 34.3 Å². The zero-order valence-corrected chi connectivity index (χ0v) is 86.8. The lowest BCUT2D eigenvalue weighted by Gasteiger charge is -2.11. The number of carbonyl (C=O) groups is 9. The maximum atomic E-state index is 13.4. The van der Waals surface area contributed by atoms with Crippen molar-refractivity contribution in [2.45, 2.75) is 236 Å². The van der Waals surface area contributed by atoms with Gasteiger partial charge in [-0.2, -0.15) is 0 Å². The largest absolute Gasteiger partial charge is 0.503 e. The molecule has 0 aliphatic carbocycles. The van der Waals surface area contributed by atoms with Gasteiger partial charge >= 0.3 is 53.7 Å². The number of hydrogen-bond acceptors (Lipinski definition) is 17. The molecule has 11 aromatic rings. The normalized spacial score (nSPS) is 10.2. The van der Waals surface area contributed by atoms with Gasteiger partial charge in [0.15, 0.2) is 5.75 Å². The van der Waals surface area contributed by atoms with E-state index in [2.05, 4.69) is 34.6 Å². The minimum absolute atomic E-state index is 0.0448. The molecule has 754 valence electrons. The Morgan fingerprint density at radius 3 is 1.08 bits per heavy atom. The molecule has 0 bridgehead atoms. The highest BCUT2D eigenvalue weighted by Gasteiger charge is 2.24. The third-order valence-corrected chi connectivity index (χ3v) is 23.4. The first-order chi connectivity index (χ1) is 65.9. The lowest BCUT2D eigenvalue weighted by Crippen LogP contribution is -2.31. The van der Waals surface area contributed by atoms with Gasteiger partial charge in [0.05, 0.1) is 62.7 Å². The van der Waals surface area contributed by atoms with Crippen molar-refractivity contribution in [3.63, 3.8) is 0 Å². The number of benzene rings is 10. The fourth-order valence-corrected chi connectivity index (χ4v) is 16.4. The summed E-state index contributed by atoms with van der Waals surface area (Å²) in [5, 5.41) is 89.9. The van der Waals surface area contributed by atoms with Crippen LogP contribution in [0.1, 0.15) is 292 Å². The number of aryl methyl sites for hydroxylation is 13. The first-order valence-corrected chi connectivity index (χ1v) is 49.0. The van der Waals surface area contributed by atoms with Gasteiger partial charge in [-0.05, 0) is 278 Å². The van der Waals surface area contributed by atoms with Crippen molar-refractivity contribution in [1.29, 1.82) is 0 Å². The van der Waals surface area contributed by atoms with Crippen LogP contribution in [-0.2, 0) is 25.7 Å². The average molecular weight is 2000 g/mol. The van der Waals surface area contributed by atoms with E-state index in [1.165, 1.54) is 12.1 Å². The van der Waals surface area contributed by atoms with Crippen molar-refractivity contribution in [2.24, 2.45) is 5.92 Å². The molecule has 140 heavy (non-hydrogen) atoms. The first-order valence-electron chi connectivity index (χ1n) is 45.8. The summed E-state index contributed by atoms with van der Waals surface area (Å²) in [4.78, 5) is 122. The van der Waals surface area contributed by atoms with Crippen molar-refractivity contribution in [2.75, 3.05) is 24.7 Å². The van der Waals surface area contributed by atoms with E-state index in [0.717, 1.165) is 157 Å². The van der Waals surface area contributed by atoms with E-state index in [9.17, 15) is 66.6 Å². The Balaban J connectivity index is 0.000000526. The van der Waals surface area contributed by atoms with Crippen LogP contribution in [0.15, 0.2) is 194 Å². The second kappa shape index (κ2) is 63.6. The molecule has 0 aliphatic heterocycles. The van der Waals surface area contributed by atoms with E-state index < -0.39 is 82.0 Å². The standard InChI is InChI=1S/C12H15ClO3.C12H15FO3.C12H16O2.C11H13FO2.C11H8O3.2C11H14O2S.C11H14O2.C10H12O2S.C10H12O2/c2*1-3-4-5-16-10-7-8(2)6-9(13)11(10)12(14)15;1-8(2)6-10-7-9(3)4-5-11(10)12(13)14;1-3-4-8-5-7(2)6-9(12)10(8)11(13)14;1-6-2-4-7(5-3-6)8-9(12)11(14)10(8)13;1-7(2)14-10-6-8(3)4-5-9(10)11(12)13;1-3-6-14-10-7-8(2)4-5-9(10)11(12)13;1-3-4-9-7-8(2)5-6-10(9)11(12)13;1-3-13-9-6-7(2)4-5-8(9)10(11)12;1-3-8-6-7(2)4-5-9(8)10(11)12/h2*6-7H,3-5H2,1-2H3,(H,14,15);4-5,7-8H,6H2,1-3H3,(H,13,14);5-6H,3-4H2,1-2H3,(H,13,14);2-5,12H,1H3;4-7H,1-3H3,(H,12,13);4-5,7H,3,6H2,1-2H3,(H,12,13);5-7H,3-4H2,1-2H3,(H,12,13);4-6H,3H2,1-2H3,(H,11,12);4-6H,3H2,1-2H3,(H,11,12). The first kappa shape index (κ1) is 123. The zero-order chi connectivity index (χ0) is 106. The number of ether oxygens (including phenoxy) is 2. The lowest BCUT2D eigenvalue weighted by molar-refractivity contribution is 0.0675. The molecule has 10 N–H and O–H groups in total. The molecule has 0 spiro atoms. The van der Waals surface area contributed by atoms with Crippen molar-refractivity contribution in [3.8, 4) is 28.4 Å². The second-order valence-electron chi connectivity index (χ2n) is 33.3. The zero-order valence-electron chi connectivity index (χ0n) is 83.6. The Hall–Kier alpha value is -12.9. The molecule has 0 radical (unpaired) electrons. The molecule has 0 fully saturated rings. The Labute approximate surface area is 837 Å². The van der Waals surface area contributed by atoms with Gasteiger partial charge in [0, 0.05) is 19.9 Å². The molecule has 0 saturated carbocycles. The summed E-state index contributed by atoms with van der Waals surface area (Å²) in [6.45, 7) is 42.3. The number of carboxylic acid groups (broad SMARTS) is 9. The van der Waals surface area contributed by atoms with Crippen molar-refractivity contribution in [3.05, 3.63) is 335 Å². The molecule has 29 heteroatoms. The smallest absolute Gasteiger partial charge is 0.342 e. The van der Waals surface area contributed by atoms with E-state index in [1.807, 2.05) is 182 Å². The number of unbranched alkanes of at least 4 members (excludes halogenated alkanes) is 2. The fourth-order valence-electron chi connectivity index (χ4n) is 13.2. The molecule has 0 amide bonds.